The van der Waals surface area contributed by atoms with E-state index < -0.39 is 0 Å². The van der Waals surface area contributed by atoms with Crippen molar-refractivity contribution in [3.05, 3.63) is 60.2 Å². The molecule has 0 spiro atoms. The summed E-state index contributed by atoms with van der Waals surface area (Å²) in [6.45, 7) is 0. The Morgan fingerprint density at radius 2 is 1.30 bits per heavy atom. The molecular weight excluding hydrogens is 252 g/mol. The van der Waals surface area contributed by atoms with Crippen LogP contribution in [0.25, 0.3) is 22.1 Å². The number of ketones is 1. The van der Waals surface area contributed by atoms with Gasteiger partial charge in [0, 0.05) is 11.1 Å². The average molecular weight is 262 g/mol. The smallest absolute Gasteiger partial charge is 0.193 e. The molecule has 0 amide bonds. The molecule has 5 heteroatoms. The Bertz CT molecular complexity index is 859. The van der Waals surface area contributed by atoms with E-state index in [2.05, 4.69) is 19.9 Å². The van der Waals surface area contributed by atoms with Crippen LogP contribution in [-0.2, 0) is 0 Å². The fourth-order valence-corrected chi connectivity index (χ4v) is 2.32. The molecule has 20 heavy (non-hydrogen) atoms. The Morgan fingerprint density at radius 3 is 1.80 bits per heavy atom. The van der Waals surface area contributed by atoms with Gasteiger partial charge in [-0.1, -0.05) is 0 Å². The van der Waals surface area contributed by atoms with E-state index in [0.717, 1.165) is 22.1 Å². The Labute approximate surface area is 113 Å². The number of nitrogens with one attached hydrogen (secondary N) is 2. The zero-order valence-corrected chi connectivity index (χ0v) is 10.4. The third kappa shape index (κ3) is 1.60. The van der Waals surface area contributed by atoms with Crippen LogP contribution in [0, 0.1) is 0 Å². The number of carbonyl (C=O) groups is 1. The quantitative estimate of drug-likeness (QED) is 0.545. The van der Waals surface area contributed by atoms with Gasteiger partial charge in [0.25, 0.3) is 0 Å². The summed E-state index contributed by atoms with van der Waals surface area (Å²) in [6, 6.07) is 10.9. The second-order valence-corrected chi connectivity index (χ2v) is 4.60. The zero-order valence-electron chi connectivity index (χ0n) is 10.4. The molecule has 0 bridgehead atoms. The van der Waals surface area contributed by atoms with Crippen molar-refractivity contribution in [2.45, 2.75) is 0 Å². The average Bonchev–Trinajstić information content (AvgIpc) is 3.13. The minimum atomic E-state index is -0.0157. The second-order valence-electron chi connectivity index (χ2n) is 4.60. The Morgan fingerprint density at radius 1 is 0.800 bits per heavy atom. The molecule has 0 fully saturated rings. The Hall–Kier alpha value is -2.95. The molecule has 4 rings (SSSR count). The van der Waals surface area contributed by atoms with Crippen molar-refractivity contribution in [1.82, 2.24) is 19.9 Å². The lowest BCUT2D eigenvalue weighted by Gasteiger charge is -2.01. The molecule has 0 unspecified atom stereocenters. The van der Waals surface area contributed by atoms with Crippen molar-refractivity contribution in [2.24, 2.45) is 0 Å². The molecule has 5 nitrogen and oxygen atoms in total. The number of benzene rings is 2. The van der Waals surface area contributed by atoms with E-state index in [1.165, 1.54) is 0 Å². The van der Waals surface area contributed by atoms with Gasteiger partial charge in [0.2, 0.25) is 0 Å². The lowest BCUT2D eigenvalue weighted by Crippen LogP contribution is -2.01. The third-order valence-corrected chi connectivity index (χ3v) is 3.36. The third-order valence-electron chi connectivity index (χ3n) is 3.36. The van der Waals surface area contributed by atoms with Crippen molar-refractivity contribution < 1.29 is 4.79 Å². The van der Waals surface area contributed by atoms with Gasteiger partial charge in [-0.3, -0.25) is 4.79 Å². The maximum absolute atomic E-state index is 12.5. The van der Waals surface area contributed by atoms with Gasteiger partial charge < -0.3 is 9.97 Å². The lowest BCUT2D eigenvalue weighted by atomic mass is 10.0. The molecule has 2 N–H and O–H groups in total. The molecule has 2 heterocycles. The largest absolute Gasteiger partial charge is 0.345 e. The number of aromatic amines is 2. The highest BCUT2D eigenvalue weighted by Crippen LogP contribution is 2.18. The molecule has 96 valence electrons. The highest BCUT2D eigenvalue weighted by Gasteiger charge is 2.11. The number of carbonyl (C=O) groups excluding carboxylic acids is 1. The topological polar surface area (TPSA) is 74.4 Å². The number of rotatable bonds is 2. The van der Waals surface area contributed by atoms with Gasteiger partial charge in [0.05, 0.1) is 34.7 Å². The van der Waals surface area contributed by atoms with Gasteiger partial charge in [-0.05, 0) is 36.4 Å². The monoisotopic (exact) mass is 262 g/mol. The molecule has 0 radical (unpaired) electrons. The van der Waals surface area contributed by atoms with Crippen molar-refractivity contribution in [2.75, 3.05) is 0 Å². The van der Waals surface area contributed by atoms with Gasteiger partial charge in [0.1, 0.15) is 0 Å². The molecule has 0 saturated heterocycles. The van der Waals surface area contributed by atoms with Crippen LogP contribution in [0.1, 0.15) is 15.9 Å². The van der Waals surface area contributed by atoms with E-state index in [4.69, 9.17) is 0 Å². The minimum Gasteiger partial charge on any atom is -0.345 e. The van der Waals surface area contributed by atoms with Gasteiger partial charge in [-0.15, -0.1) is 0 Å². The summed E-state index contributed by atoms with van der Waals surface area (Å²) in [7, 11) is 0. The van der Waals surface area contributed by atoms with E-state index in [1.54, 1.807) is 24.8 Å². The van der Waals surface area contributed by atoms with Crippen LogP contribution in [0.4, 0.5) is 0 Å². The predicted octanol–water partition coefficient (Wildman–Crippen LogP) is 2.67. The summed E-state index contributed by atoms with van der Waals surface area (Å²) < 4.78 is 0. The first-order valence-corrected chi connectivity index (χ1v) is 6.22. The Kier molecular flexibility index (Phi) is 2.20. The van der Waals surface area contributed by atoms with Crippen molar-refractivity contribution >= 4 is 27.9 Å². The highest BCUT2D eigenvalue weighted by atomic mass is 16.1. The van der Waals surface area contributed by atoms with E-state index in [-0.39, 0.29) is 5.78 Å². The summed E-state index contributed by atoms with van der Waals surface area (Å²) in [5.74, 6) is -0.0157. The van der Waals surface area contributed by atoms with E-state index >= 15 is 0 Å². The molecule has 2 aromatic heterocycles. The van der Waals surface area contributed by atoms with Gasteiger partial charge in [-0.2, -0.15) is 0 Å². The number of hydrogen-bond acceptors (Lipinski definition) is 3. The number of fused-ring (bicyclic) bond motifs is 2. The first kappa shape index (κ1) is 10.9. The molecule has 0 aliphatic heterocycles. The molecule has 2 aromatic carbocycles. The molecule has 0 aliphatic carbocycles. The fraction of sp³-hybridized carbons (Fsp3) is 0. The van der Waals surface area contributed by atoms with Gasteiger partial charge >= 0.3 is 0 Å². The Balaban J connectivity index is 1.81. The van der Waals surface area contributed by atoms with Crippen LogP contribution < -0.4 is 0 Å². The minimum absolute atomic E-state index is 0.0157. The van der Waals surface area contributed by atoms with Crippen LogP contribution in [0.3, 0.4) is 0 Å². The van der Waals surface area contributed by atoms with Crippen molar-refractivity contribution in [3.8, 4) is 0 Å². The van der Waals surface area contributed by atoms with Gasteiger partial charge in [0.15, 0.2) is 5.78 Å². The van der Waals surface area contributed by atoms with Gasteiger partial charge in [-0.25, -0.2) is 9.97 Å². The highest BCUT2D eigenvalue weighted by molar-refractivity contribution is 6.11. The lowest BCUT2D eigenvalue weighted by molar-refractivity contribution is 0.103. The molecule has 4 aromatic rings. The predicted molar refractivity (Wildman–Crippen MR) is 75.6 cm³/mol. The zero-order chi connectivity index (χ0) is 13.5. The molecule has 0 atom stereocenters. The first-order chi connectivity index (χ1) is 9.81. The maximum Gasteiger partial charge on any atom is 0.193 e. The molecule has 0 saturated carbocycles. The fourth-order valence-electron chi connectivity index (χ4n) is 2.32. The van der Waals surface area contributed by atoms with Crippen LogP contribution in [0.2, 0.25) is 0 Å². The van der Waals surface area contributed by atoms with Crippen LogP contribution in [-0.4, -0.2) is 25.7 Å². The standard InChI is InChI=1S/C15H10N4O/c20-15(9-1-3-11-13(5-9)18-7-16-11)10-2-4-12-14(6-10)19-8-17-12/h1-8H,(H,16,18)(H,17,19). The normalized spacial score (nSPS) is 11.2. The molecule has 0 aliphatic rings. The summed E-state index contributed by atoms with van der Waals surface area (Å²) in [4.78, 5) is 26.8. The van der Waals surface area contributed by atoms with Crippen LogP contribution in [0.5, 0.6) is 0 Å². The summed E-state index contributed by atoms with van der Waals surface area (Å²) in [5, 5.41) is 0. The maximum atomic E-state index is 12.5. The second kappa shape index (κ2) is 4.03. The number of H-pyrrole nitrogens is 2. The summed E-state index contributed by atoms with van der Waals surface area (Å²) in [6.07, 6.45) is 3.24. The first-order valence-electron chi connectivity index (χ1n) is 6.22. The molecular formula is C15H10N4O. The van der Waals surface area contributed by atoms with Crippen molar-refractivity contribution in [1.29, 1.82) is 0 Å². The summed E-state index contributed by atoms with van der Waals surface area (Å²) >= 11 is 0. The number of aromatic nitrogens is 4. The SMILES string of the molecule is O=C(c1ccc2nc[nH]c2c1)c1ccc2nc[nH]c2c1. The van der Waals surface area contributed by atoms with E-state index in [9.17, 15) is 4.79 Å². The van der Waals surface area contributed by atoms with E-state index in [1.807, 2.05) is 24.3 Å². The number of imidazole rings is 2. The van der Waals surface area contributed by atoms with Crippen LogP contribution in [0.15, 0.2) is 49.1 Å². The van der Waals surface area contributed by atoms with E-state index in [0.29, 0.717) is 11.1 Å². The summed E-state index contributed by atoms with van der Waals surface area (Å²) in [5.41, 5.74) is 4.70. The number of nitrogens with zero attached hydrogens (tertiary/aromatic N) is 2. The number of hydrogen-bond donors (Lipinski definition) is 2. The van der Waals surface area contributed by atoms with Crippen molar-refractivity contribution in [3.63, 3.8) is 0 Å². The van der Waals surface area contributed by atoms with Crippen LogP contribution >= 0.6 is 0 Å².